The lowest BCUT2D eigenvalue weighted by molar-refractivity contribution is -0.113. The fourth-order valence-electron chi connectivity index (χ4n) is 3.25. The fraction of sp³-hybridized carbons (Fsp3) is 0.174. The van der Waals surface area contributed by atoms with Crippen LogP contribution in [0.25, 0.3) is 21.3 Å². The third-order valence-electron chi connectivity index (χ3n) is 4.82. The van der Waals surface area contributed by atoms with Crippen LogP contribution in [0.5, 0.6) is 0 Å². The molecule has 6 nitrogen and oxygen atoms in total. The number of carbonyl (C=O) groups excluding carboxylic acids is 1. The number of thioether (sulfide) groups is 1. The molecule has 4 aromatic rings. The van der Waals surface area contributed by atoms with Gasteiger partial charge in [-0.1, -0.05) is 53.7 Å². The summed E-state index contributed by atoms with van der Waals surface area (Å²) in [5.74, 6) is -0.957. The molecule has 0 bridgehead atoms. The largest absolute Gasteiger partial charge is 0.383 e. The second kappa shape index (κ2) is 10.5. The Balaban J connectivity index is 1.66. The molecule has 2 heterocycles. The van der Waals surface area contributed by atoms with E-state index in [1.807, 2.05) is 23.6 Å². The third kappa shape index (κ3) is 5.11. The first kappa shape index (κ1) is 23.4. The number of ether oxygens (including phenoxy) is 1. The molecular formula is C23H19ClFN3O3S2. The summed E-state index contributed by atoms with van der Waals surface area (Å²) in [5.41, 5.74) is 1.35. The SMILES string of the molecule is COCCn1c(SCC(=O)Nc2ccccc2F)nc2scc(-c3ccccc3Cl)c2c1=O. The van der Waals surface area contributed by atoms with Crippen molar-refractivity contribution in [1.29, 1.82) is 0 Å². The van der Waals surface area contributed by atoms with E-state index in [1.165, 1.54) is 28.0 Å². The number of thiophene rings is 1. The van der Waals surface area contributed by atoms with Gasteiger partial charge >= 0.3 is 0 Å². The number of anilines is 1. The zero-order chi connectivity index (χ0) is 23.4. The quantitative estimate of drug-likeness (QED) is 0.261. The maximum Gasteiger partial charge on any atom is 0.263 e. The van der Waals surface area contributed by atoms with Crippen LogP contribution in [0.2, 0.25) is 5.02 Å². The highest BCUT2D eigenvalue weighted by Gasteiger charge is 2.19. The third-order valence-corrected chi connectivity index (χ3v) is 7.00. The number of hydrogen-bond donors (Lipinski definition) is 1. The molecule has 4 rings (SSSR count). The van der Waals surface area contributed by atoms with Gasteiger partial charge in [0.2, 0.25) is 5.91 Å². The summed E-state index contributed by atoms with van der Waals surface area (Å²) in [6.07, 6.45) is 0. The van der Waals surface area contributed by atoms with E-state index < -0.39 is 11.7 Å². The van der Waals surface area contributed by atoms with Gasteiger partial charge in [-0.15, -0.1) is 11.3 Å². The van der Waals surface area contributed by atoms with Gasteiger partial charge in [0.15, 0.2) is 5.16 Å². The first-order valence-electron chi connectivity index (χ1n) is 9.92. The van der Waals surface area contributed by atoms with E-state index in [2.05, 4.69) is 10.3 Å². The van der Waals surface area contributed by atoms with E-state index in [4.69, 9.17) is 16.3 Å². The first-order valence-corrected chi connectivity index (χ1v) is 12.2. The summed E-state index contributed by atoms with van der Waals surface area (Å²) >= 11 is 8.82. The monoisotopic (exact) mass is 503 g/mol. The average molecular weight is 504 g/mol. The fourth-order valence-corrected chi connectivity index (χ4v) is 5.29. The van der Waals surface area contributed by atoms with Gasteiger partial charge in [-0.2, -0.15) is 0 Å². The standard InChI is InChI=1S/C23H19ClFN3O3S2/c1-31-11-10-28-22(30)20-15(14-6-2-3-7-16(14)24)12-32-21(20)27-23(28)33-13-19(29)26-18-9-5-4-8-17(18)25/h2-9,12H,10-11,13H2,1H3,(H,26,29). The summed E-state index contributed by atoms with van der Waals surface area (Å²) in [5, 5.41) is 5.81. The van der Waals surface area contributed by atoms with Gasteiger partial charge in [-0.25, -0.2) is 9.37 Å². The Bertz CT molecular complexity index is 1370. The van der Waals surface area contributed by atoms with E-state index in [9.17, 15) is 14.0 Å². The van der Waals surface area contributed by atoms with Crippen LogP contribution in [0, 0.1) is 5.82 Å². The Morgan fingerprint density at radius 2 is 1.97 bits per heavy atom. The summed E-state index contributed by atoms with van der Waals surface area (Å²) in [6.45, 7) is 0.570. The lowest BCUT2D eigenvalue weighted by Crippen LogP contribution is -2.26. The molecule has 0 saturated heterocycles. The molecule has 2 aromatic heterocycles. The maximum atomic E-state index is 13.8. The van der Waals surface area contributed by atoms with Crippen molar-refractivity contribution in [1.82, 2.24) is 9.55 Å². The molecule has 0 atom stereocenters. The van der Waals surface area contributed by atoms with Gasteiger partial charge in [-0.05, 0) is 18.2 Å². The summed E-state index contributed by atoms with van der Waals surface area (Å²) in [4.78, 5) is 31.1. The number of benzene rings is 2. The average Bonchev–Trinajstić information content (AvgIpc) is 3.23. The highest BCUT2D eigenvalue weighted by molar-refractivity contribution is 7.99. The van der Waals surface area contributed by atoms with Crippen molar-refractivity contribution < 1.29 is 13.9 Å². The maximum absolute atomic E-state index is 13.8. The molecule has 0 saturated carbocycles. The zero-order valence-corrected chi connectivity index (χ0v) is 19.9. The summed E-state index contributed by atoms with van der Waals surface area (Å²) in [6, 6.07) is 13.3. The van der Waals surface area contributed by atoms with Gasteiger partial charge in [0, 0.05) is 28.6 Å². The minimum atomic E-state index is -0.516. The first-order chi connectivity index (χ1) is 16.0. The van der Waals surface area contributed by atoms with E-state index in [1.54, 1.807) is 25.3 Å². The van der Waals surface area contributed by atoms with E-state index in [0.29, 0.717) is 27.0 Å². The second-order valence-electron chi connectivity index (χ2n) is 6.97. The van der Waals surface area contributed by atoms with Crippen LogP contribution in [0.3, 0.4) is 0 Å². The van der Waals surface area contributed by atoms with Crippen molar-refractivity contribution in [2.24, 2.45) is 0 Å². The van der Waals surface area contributed by atoms with Crippen LogP contribution in [0.1, 0.15) is 0 Å². The number of para-hydroxylation sites is 1. The Kier molecular flexibility index (Phi) is 7.44. The molecule has 33 heavy (non-hydrogen) atoms. The van der Waals surface area contributed by atoms with E-state index >= 15 is 0 Å². The second-order valence-corrected chi connectivity index (χ2v) is 9.18. The molecule has 170 valence electrons. The molecule has 1 amide bonds. The molecule has 10 heteroatoms. The predicted molar refractivity (Wildman–Crippen MR) is 132 cm³/mol. The van der Waals surface area contributed by atoms with Crippen molar-refractivity contribution in [3.63, 3.8) is 0 Å². The Morgan fingerprint density at radius 3 is 2.73 bits per heavy atom. The minimum absolute atomic E-state index is 0.0397. The molecule has 0 aliphatic heterocycles. The highest BCUT2D eigenvalue weighted by Crippen LogP contribution is 2.35. The molecule has 0 aliphatic rings. The van der Waals surface area contributed by atoms with Gasteiger partial charge < -0.3 is 10.1 Å². The zero-order valence-electron chi connectivity index (χ0n) is 17.5. The molecule has 0 spiro atoms. The van der Waals surface area contributed by atoms with Crippen LogP contribution >= 0.6 is 34.7 Å². The van der Waals surface area contributed by atoms with Crippen molar-refractivity contribution in [2.75, 3.05) is 24.8 Å². The molecule has 0 aliphatic carbocycles. The van der Waals surface area contributed by atoms with E-state index in [-0.39, 0.29) is 23.5 Å². The number of rotatable bonds is 8. The lowest BCUT2D eigenvalue weighted by Gasteiger charge is -2.12. The Labute approximate surface area is 202 Å². The van der Waals surface area contributed by atoms with Gasteiger partial charge in [0.25, 0.3) is 5.56 Å². The Morgan fingerprint density at radius 1 is 1.21 bits per heavy atom. The Hall–Kier alpha value is -2.72. The number of aromatic nitrogens is 2. The van der Waals surface area contributed by atoms with Gasteiger partial charge in [0.05, 0.1) is 30.0 Å². The number of nitrogens with zero attached hydrogens (tertiary/aromatic N) is 2. The number of nitrogens with one attached hydrogen (secondary N) is 1. The van der Waals surface area contributed by atoms with Crippen LogP contribution in [-0.2, 0) is 16.1 Å². The molecule has 0 fully saturated rings. The smallest absolute Gasteiger partial charge is 0.263 e. The van der Waals surface area contributed by atoms with E-state index in [0.717, 1.165) is 22.9 Å². The number of carbonyl (C=O) groups is 1. The predicted octanol–water partition coefficient (Wildman–Crippen LogP) is 5.29. The summed E-state index contributed by atoms with van der Waals surface area (Å²) < 4.78 is 20.5. The number of halogens is 2. The van der Waals surface area contributed by atoms with Gasteiger partial charge in [-0.3, -0.25) is 14.2 Å². The lowest BCUT2D eigenvalue weighted by atomic mass is 10.1. The molecule has 1 N–H and O–H groups in total. The normalized spacial score (nSPS) is 11.1. The molecular weight excluding hydrogens is 485 g/mol. The number of hydrogen-bond acceptors (Lipinski definition) is 6. The van der Waals surface area contributed by atoms with Crippen molar-refractivity contribution in [3.05, 3.63) is 75.1 Å². The number of fused-ring (bicyclic) bond motifs is 1. The van der Waals surface area contributed by atoms with Crippen molar-refractivity contribution >= 4 is 56.5 Å². The minimum Gasteiger partial charge on any atom is -0.383 e. The van der Waals surface area contributed by atoms with Crippen molar-refractivity contribution in [3.8, 4) is 11.1 Å². The van der Waals surface area contributed by atoms with Crippen LogP contribution < -0.4 is 10.9 Å². The number of methoxy groups -OCH3 is 1. The summed E-state index contributed by atoms with van der Waals surface area (Å²) in [7, 11) is 1.55. The molecule has 2 aromatic carbocycles. The molecule has 0 unspecified atom stereocenters. The van der Waals surface area contributed by atoms with Crippen molar-refractivity contribution in [2.45, 2.75) is 11.7 Å². The number of amides is 1. The molecule has 0 radical (unpaired) electrons. The van der Waals surface area contributed by atoms with Crippen LogP contribution in [-0.4, -0.2) is 34.9 Å². The van der Waals surface area contributed by atoms with Crippen LogP contribution in [0.15, 0.2) is 63.9 Å². The van der Waals surface area contributed by atoms with Gasteiger partial charge in [0.1, 0.15) is 10.6 Å². The highest BCUT2D eigenvalue weighted by atomic mass is 35.5. The topological polar surface area (TPSA) is 73.2 Å². The van der Waals surface area contributed by atoms with Crippen LogP contribution in [0.4, 0.5) is 10.1 Å².